The van der Waals surface area contributed by atoms with Crippen LogP contribution in [0.5, 0.6) is 0 Å². The number of anilines is 1. The Balaban J connectivity index is 2.64. The molecular weight excluding hydrogens is 246 g/mol. The number of nitrogens with zero attached hydrogens (tertiary/aromatic N) is 1. The maximum atomic E-state index is 11.6. The van der Waals surface area contributed by atoms with Crippen molar-refractivity contribution in [2.75, 3.05) is 10.5 Å². The lowest BCUT2D eigenvalue weighted by molar-refractivity contribution is -0.137. The second-order valence-electron chi connectivity index (χ2n) is 3.73. The van der Waals surface area contributed by atoms with Gasteiger partial charge in [0, 0.05) is 6.42 Å². The number of aromatic amines is 1. The second kappa shape index (κ2) is 5.17. The summed E-state index contributed by atoms with van der Waals surface area (Å²) in [6.07, 6.45) is -0.0785. The molecule has 0 saturated heterocycles. The Hall–Kier alpha value is -1.57. The largest absolute Gasteiger partial charge is 0.481 e. The van der Waals surface area contributed by atoms with Gasteiger partial charge < -0.3 is 5.11 Å². The fourth-order valence-electron chi connectivity index (χ4n) is 1.32. The molecule has 1 heterocycles. The van der Waals surface area contributed by atoms with Crippen molar-refractivity contribution >= 4 is 21.7 Å². The normalized spacial score (nSPS) is 11.4. The van der Waals surface area contributed by atoms with Crippen LogP contribution in [0.15, 0.2) is 0 Å². The Morgan fingerprint density at radius 3 is 2.59 bits per heavy atom. The van der Waals surface area contributed by atoms with E-state index in [2.05, 4.69) is 14.9 Å². The van der Waals surface area contributed by atoms with Gasteiger partial charge in [-0.1, -0.05) is 0 Å². The van der Waals surface area contributed by atoms with Crippen molar-refractivity contribution < 1.29 is 18.3 Å². The van der Waals surface area contributed by atoms with Crippen LogP contribution in [0.2, 0.25) is 0 Å². The SMILES string of the molecule is Cc1n[nH]c(C)c1NS(=O)(=O)CCCC(=O)O. The van der Waals surface area contributed by atoms with Crippen LogP contribution >= 0.6 is 0 Å². The number of carbonyl (C=O) groups is 1. The Morgan fingerprint density at radius 2 is 2.12 bits per heavy atom. The molecule has 1 aromatic rings. The highest BCUT2D eigenvalue weighted by Gasteiger charge is 2.15. The molecule has 3 N–H and O–H groups in total. The molecule has 0 spiro atoms. The van der Waals surface area contributed by atoms with Gasteiger partial charge in [0.1, 0.15) is 0 Å². The Kier molecular flexibility index (Phi) is 4.11. The molecular formula is C9H15N3O4S. The molecule has 17 heavy (non-hydrogen) atoms. The molecule has 0 radical (unpaired) electrons. The predicted octanol–water partition coefficient (Wildman–Crippen LogP) is 0.633. The molecule has 96 valence electrons. The quantitative estimate of drug-likeness (QED) is 0.695. The van der Waals surface area contributed by atoms with E-state index in [-0.39, 0.29) is 18.6 Å². The zero-order chi connectivity index (χ0) is 13.1. The Labute approximate surface area is 99.3 Å². The van der Waals surface area contributed by atoms with E-state index in [1.165, 1.54) is 0 Å². The molecule has 0 aromatic carbocycles. The summed E-state index contributed by atoms with van der Waals surface area (Å²) in [6, 6.07) is 0. The number of carboxylic acids is 1. The smallest absolute Gasteiger partial charge is 0.303 e. The minimum absolute atomic E-state index is 0.0839. The van der Waals surface area contributed by atoms with Gasteiger partial charge in [-0.15, -0.1) is 0 Å². The van der Waals surface area contributed by atoms with Crippen LogP contribution in [0.1, 0.15) is 24.2 Å². The van der Waals surface area contributed by atoms with E-state index in [4.69, 9.17) is 5.11 Å². The number of hydrogen-bond acceptors (Lipinski definition) is 4. The fourth-order valence-corrected chi connectivity index (χ4v) is 2.56. The second-order valence-corrected chi connectivity index (χ2v) is 5.57. The van der Waals surface area contributed by atoms with Gasteiger partial charge in [0.2, 0.25) is 10.0 Å². The van der Waals surface area contributed by atoms with E-state index < -0.39 is 16.0 Å². The lowest BCUT2D eigenvalue weighted by Crippen LogP contribution is -2.18. The van der Waals surface area contributed by atoms with Crippen molar-refractivity contribution in [3.8, 4) is 0 Å². The number of rotatable bonds is 6. The van der Waals surface area contributed by atoms with Gasteiger partial charge >= 0.3 is 5.97 Å². The number of aryl methyl sites for hydroxylation is 2. The first-order chi connectivity index (χ1) is 7.82. The highest BCUT2D eigenvalue weighted by molar-refractivity contribution is 7.92. The van der Waals surface area contributed by atoms with Crippen molar-refractivity contribution in [2.45, 2.75) is 26.7 Å². The summed E-state index contributed by atoms with van der Waals surface area (Å²) >= 11 is 0. The van der Waals surface area contributed by atoms with Crippen LogP contribution in [-0.4, -0.2) is 35.4 Å². The molecule has 0 atom stereocenters. The minimum atomic E-state index is -3.52. The van der Waals surface area contributed by atoms with E-state index in [1.807, 2.05) is 0 Å². The van der Waals surface area contributed by atoms with E-state index in [0.29, 0.717) is 17.1 Å². The van der Waals surface area contributed by atoms with Crippen LogP contribution < -0.4 is 4.72 Å². The van der Waals surface area contributed by atoms with Crippen LogP contribution in [0.25, 0.3) is 0 Å². The fraction of sp³-hybridized carbons (Fsp3) is 0.556. The number of carboxylic acid groups (broad SMARTS) is 1. The van der Waals surface area contributed by atoms with Gasteiger partial charge in [-0.25, -0.2) is 8.42 Å². The summed E-state index contributed by atoms with van der Waals surface area (Å²) in [5.74, 6) is -1.22. The lowest BCUT2D eigenvalue weighted by Gasteiger charge is -2.07. The number of nitrogens with one attached hydrogen (secondary N) is 2. The van der Waals surface area contributed by atoms with Crippen LogP contribution in [0.4, 0.5) is 5.69 Å². The number of hydrogen-bond donors (Lipinski definition) is 3. The van der Waals surface area contributed by atoms with Crippen molar-refractivity contribution in [1.82, 2.24) is 10.2 Å². The van der Waals surface area contributed by atoms with Crippen molar-refractivity contribution in [3.05, 3.63) is 11.4 Å². The first-order valence-electron chi connectivity index (χ1n) is 5.05. The number of aromatic nitrogens is 2. The molecule has 0 aliphatic heterocycles. The van der Waals surface area contributed by atoms with Crippen molar-refractivity contribution in [3.63, 3.8) is 0 Å². The van der Waals surface area contributed by atoms with Crippen LogP contribution in [0, 0.1) is 13.8 Å². The Bertz CT molecular complexity index is 487. The van der Waals surface area contributed by atoms with E-state index in [1.54, 1.807) is 13.8 Å². The van der Waals surface area contributed by atoms with Crippen molar-refractivity contribution in [1.29, 1.82) is 0 Å². The first-order valence-corrected chi connectivity index (χ1v) is 6.71. The molecule has 1 rings (SSSR count). The minimum Gasteiger partial charge on any atom is -0.481 e. The number of H-pyrrole nitrogens is 1. The topological polar surface area (TPSA) is 112 Å². The van der Waals surface area contributed by atoms with Crippen LogP contribution in [0.3, 0.4) is 0 Å². The average molecular weight is 261 g/mol. The van der Waals surface area contributed by atoms with Gasteiger partial charge in [-0.05, 0) is 20.3 Å². The summed E-state index contributed by atoms with van der Waals surface area (Å²) < 4.78 is 25.7. The van der Waals surface area contributed by atoms with Crippen LogP contribution in [-0.2, 0) is 14.8 Å². The summed E-state index contributed by atoms with van der Waals surface area (Å²) in [5, 5.41) is 15.0. The monoisotopic (exact) mass is 261 g/mol. The summed E-state index contributed by atoms with van der Waals surface area (Å²) in [4.78, 5) is 10.3. The molecule has 0 saturated carbocycles. The Morgan fingerprint density at radius 1 is 1.47 bits per heavy atom. The van der Waals surface area contributed by atoms with E-state index >= 15 is 0 Å². The molecule has 7 nitrogen and oxygen atoms in total. The molecule has 0 aliphatic rings. The van der Waals surface area contributed by atoms with E-state index in [9.17, 15) is 13.2 Å². The summed E-state index contributed by atoms with van der Waals surface area (Å²) in [7, 11) is -3.52. The van der Waals surface area contributed by atoms with Gasteiger partial charge in [-0.3, -0.25) is 14.6 Å². The predicted molar refractivity (Wildman–Crippen MR) is 62.3 cm³/mol. The summed E-state index contributed by atoms with van der Waals surface area (Å²) in [5.41, 5.74) is 1.62. The molecule has 0 fully saturated rings. The molecule has 0 amide bonds. The van der Waals surface area contributed by atoms with Crippen molar-refractivity contribution in [2.24, 2.45) is 0 Å². The lowest BCUT2D eigenvalue weighted by atomic mass is 10.3. The molecule has 1 aromatic heterocycles. The van der Waals surface area contributed by atoms with Gasteiger partial charge in [-0.2, -0.15) is 5.10 Å². The summed E-state index contributed by atoms with van der Waals surface area (Å²) in [6.45, 7) is 3.38. The van der Waals surface area contributed by atoms with Gasteiger partial charge in [0.05, 0.1) is 22.8 Å². The zero-order valence-electron chi connectivity index (χ0n) is 9.65. The third-order valence-corrected chi connectivity index (χ3v) is 3.53. The molecule has 8 heteroatoms. The molecule has 0 unspecified atom stereocenters. The van der Waals surface area contributed by atoms with Gasteiger partial charge in [0.15, 0.2) is 0 Å². The highest BCUT2D eigenvalue weighted by atomic mass is 32.2. The first kappa shape index (κ1) is 13.5. The molecule has 0 aliphatic carbocycles. The van der Waals surface area contributed by atoms with Gasteiger partial charge in [0.25, 0.3) is 0 Å². The standard InChI is InChI=1S/C9H15N3O4S/c1-6-9(7(2)11-10-6)12-17(15,16)5-3-4-8(13)14/h12H,3-5H2,1-2H3,(H,10,11)(H,13,14). The average Bonchev–Trinajstić information content (AvgIpc) is 2.48. The third kappa shape index (κ3) is 4.06. The highest BCUT2D eigenvalue weighted by Crippen LogP contribution is 2.17. The third-order valence-electron chi connectivity index (χ3n) is 2.19. The molecule has 0 bridgehead atoms. The van der Waals surface area contributed by atoms with E-state index in [0.717, 1.165) is 0 Å². The maximum Gasteiger partial charge on any atom is 0.303 e. The maximum absolute atomic E-state index is 11.6. The zero-order valence-corrected chi connectivity index (χ0v) is 10.5. The number of sulfonamides is 1. The number of aliphatic carboxylic acids is 1.